The van der Waals surface area contributed by atoms with Crippen molar-refractivity contribution in [1.82, 2.24) is 9.66 Å². The summed E-state index contributed by atoms with van der Waals surface area (Å²) in [5.74, 6) is 5.04. The number of amides is 1. The van der Waals surface area contributed by atoms with Gasteiger partial charge in [0.05, 0.1) is 0 Å². The molecule has 0 aromatic carbocycles. The molecular weight excluding hydrogens is 168 g/mol. The van der Waals surface area contributed by atoms with Crippen molar-refractivity contribution in [1.29, 1.82) is 0 Å². The fourth-order valence-corrected chi connectivity index (χ4v) is 1.24. The van der Waals surface area contributed by atoms with E-state index in [1.807, 2.05) is 6.07 Å². The van der Waals surface area contributed by atoms with Gasteiger partial charge in [-0.05, 0) is 18.2 Å². The van der Waals surface area contributed by atoms with Gasteiger partial charge >= 0.3 is 0 Å². The summed E-state index contributed by atoms with van der Waals surface area (Å²) in [5, 5.41) is 0.804. The Hall–Kier alpha value is -2.04. The van der Waals surface area contributed by atoms with Crippen LogP contribution in [-0.2, 0) is 0 Å². The standard InChI is InChI=1S/C8H8N4O/c9-7(13)6-4-5-2-1-3-11-8(5)12(6)10/h1-4H,10H2,(H2,9,13). The van der Waals surface area contributed by atoms with Gasteiger partial charge in [0.2, 0.25) is 0 Å². The minimum Gasteiger partial charge on any atom is -0.364 e. The number of rotatable bonds is 1. The molecule has 13 heavy (non-hydrogen) atoms. The van der Waals surface area contributed by atoms with E-state index >= 15 is 0 Å². The summed E-state index contributed by atoms with van der Waals surface area (Å²) < 4.78 is 1.19. The Labute approximate surface area is 73.9 Å². The summed E-state index contributed by atoms with van der Waals surface area (Å²) in [6, 6.07) is 5.20. The third-order valence-electron chi connectivity index (χ3n) is 1.85. The molecule has 0 atom stereocenters. The molecule has 0 saturated heterocycles. The number of primary amides is 1. The summed E-state index contributed by atoms with van der Waals surface area (Å²) in [4.78, 5) is 14.9. The van der Waals surface area contributed by atoms with Crippen LogP contribution in [-0.4, -0.2) is 15.6 Å². The fraction of sp³-hybridized carbons (Fsp3) is 0. The molecule has 2 aromatic rings. The maximum atomic E-state index is 10.9. The van der Waals surface area contributed by atoms with E-state index in [1.165, 1.54) is 4.68 Å². The van der Waals surface area contributed by atoms with Gasteiger partial charge in [-0.1, -0.05) is 0 Å². The number of hydrogen-bond donors (Lipinski definition) is 2. The van der Waals surface area contributed by atoms with E-state index < -0.39 is 5.91 Å². The first kappa shape index (κ1) is 7.60. The second-order valence-corrected chi connectivity index (χ2v) is 2.68. The van der Waals surface area contributed by atoms with Gasteiger partial charge in [0.25, 0.3) is 5.91 Å². The molecule has 0 fully saturated rings. The van der Waals surface area contributed by atoms with Crippen molar-refractivity contribution in [3.8, 4) is 0 Å². The lowest BCUT2D eigenvalue weighted by atomic mass is 10.3. The Kier molecular flexibility index (Phi) is 1.45. The highest BCUT2D eigenvalue weighted by Gasteiger charge is 2.10. The second kappa shape index (κ2) is 2.48. The molecule has 0 aliphatic heterocycles. The topological polar surface area (TPSA) is 86.9 Å². The van der Waals surface area contributed by atoms with Crippen molar-refractivity contribution in [3.05, 3.63) is 30.1 Å². The van der Waals surface area contributed by atoms with E-state index in [1.54, 1.807) is 18.3 Å². The summed E-state index contributed by atoms with van der Waals surface area (Å²) in [5.41, 5.74) is 5.92. The zero-order valence-electron chi connectivity index (χ0n) is 6.77. The minimum absolute atomic E-state index is 0.258. The van der Waals surface area contributed by atoms with Crippen molar-refractivity contribution in [3.63, 3.8) is 0 Å². The van der Waals surface area contributed by atoms with E-state index in [-0.39, 0.29) is 5.69 Å². The molecule has 0 saturated carbocycles. The molecule has 0 aliphatic carbocycles. The number of nitrogens with two attached hydrogens (primary N) is 2. The molecule has 66 valence electrons. The van der Waals surface area contributed by atoms with E-state index in [9.17, 15) is 4.79 Å². The predicted molar refractivity (Wildman–Crippen MR) is 48.4 cm³/mol. The molecule has 2 heterocycles. The number of fused-ring (bicyclic) bond motifs is 1. The Morgan fingerprint density at radius 1 is 1.54 bits per heavy atom. The summed E-state index contributed by atoms with van der Waals surface area (Å²) in [6.45, 7) is 0. The molecule has 5 heteroatoms. The molecule has 0 radical (unpaired) electrons. The number of nitrogen functional groups attached to an aromatic ring is 1. The van der Waals surface area contributed by atoms with Crippen LogP contribution in [0, 0.1) is 0 Å². The molecule has 0 bridgehead atoms. The van der Waals surface area contributed by atoms with Gasteiger partial charge in [0.1, 0.15) is 5.69 Å². The van der Waals surface area contributed by atoms with Gasteiger partial charge in [-0.3, -0.25) is 4.79 Å². The molecule has 0 spiro atoms. The average Bonchev–Trinajstić information content (AvgIpc) is 2.45. The van der Waals surface area contributed by atoms with E-state index in [0.29, 0.717) is 5.65 Å². The third kappa shape index (κ3) is 1.01. The zero-order valence-corrected chi connectivity index (χ0v) is 6.77. The molecule has 0 aliphatic rings. The smallest absolute Gasteiger partial charge is 0.267 e. The number of aromatic nitrogens is 2. The molecule has 2 aromatic heterocycles. The molecule has 1 amide bonds. The van der Waals surface area contributed by atoms with E-state index in [4.69, 9.17) is 11.6 Å². The lowest BCUT2D eigenvalue weighted by Gasteiger charge is -1.97. The number of carbonyl (C=O) groups excluding carboxylic acids is 1. The van der Waals surface area contributed by atoms with Crippen LogP contribution in [0.15, 0.2) is 24.4 Å². The highest BCUT2D eigenvalue weighted by atomic mass is 16.1. The Balaban J connectivity index is 2.81. The van der Waals surface area contributed by atoms with Crippen LogP contribution in [0.2, 0.25) is 0 Å². The number of hydrogen-bond acceptors (Lipinski definition) is 3. The van der Waals surface area contributed by atoms with E-state index in [0.717, 1.165) is 5.39 Å². The largest absolute Gasteiger partial charge is 0.364 e. The van der Waals surface area contributed by atoms with E-state index in [2.05, 4.69) is 4.98 Å². The van der Waals surface area contributed by atoms with Crippen molar-refractivity contribution in [2.75, 3.05) is 5.84 Å². The monoisotopic (exact) mass is 176 g/mol. The molecule has 4 N–H and O–H groups in total. The highest BCUT2D eigenvalue weighted by molar-refractivity contribution is 5.96. The van der Waals surface area contributed by atoms with Crippen LogP contribution < -0.4 is 11.6 Å². The lowest BCUT2D eigenvalue weighted by Crippen LogP contribution is -2.21. The normalized spacial score (nSPS) is 10.5. The summed E-state index contributed by atoms with van der Waals surface area (Å²) >= 11 is 0. The van der Waals surface area contributed by atoms with Crippen LogP contribution in [0.5, 0.6) is 0 Å². The Bertz CT molecular complexity index is 474. The second-order valence-electron chi connectivity index (χ2n) is 2.68. The first-order chi connectivity index (χ1) is 6.20. The maximum Gasteiger partial charge on any atom is 0.267 e. The summed E-state index contributed by atoms with van der Waals surface area (Å²) in [7, 11) is 0. The third-order valence-corrected chi connectivity index (χ3v) is 1.85. The zero-order chi connectivity index (χ0) is 9.42. The number of carbonyl (C=O) groups is 1. The van der Waals surface area contributed by atoms with Crippen LogP contribution in [0.4, 0.5) is 0 Å². The maximum absolute atomic E-state index is 10.9. The Morgan fingerprint density at radius 2 is 2.31 bits per heavy atom. The molecule has 0 unspecified atom stereocenters. The van der Waals surface area contributed by atoms with Crippen LogP contribution >= 0.6 is 0 Å². The SMILES string of the molecule is NC(=O)c1cc2cccnc2n1N. The van der Waals surface area contributed by atoms with Crippen molar-refractivity contribution < 1.29 is 4.79 Å². The van der Waals surface area contributed by atoms with Crippen molar-refractivity contribution in [2.24, 2.45) is 5.73 Å². The highest BCUT2D eigenvalue weighted by Crippen LogP contribution is 2.13. The fourth-order valence-electron chi connectivity index (χ4n) is 1.24. The molecular formula is C8H8N4O. The minimum atomic E-state index is -0.555. The average molecular weight is 176 g/mol. The lowest BCUT2D eigenvalue weighted by molar-refractivity contribution is 0.0993. The van der Waals surface area contributed by atoms with Gasteiger partial charge in [0.15, 0.2) is 5.65 Å². The van der Waals surface area contributed by atoms with Gasteiger partial charge < -0.3 is 11.6 Å². The van der Waals surface area contributed by atoms with Crippen LogP contribution in [0.3, 0.4) is 0 Å². The quantitative estimate of drug-likeness (QED) is 0.592. The number of nitrogens with zero attached hydrogens (tertiary/aromatic N) is 2. The summed E-state index contributed by atoms with van der Waals surface area (Å²) in [6.07, 6.45) is 1.61. The van der Waals surface area contributed by atoms with Gasteiger partial charge in [-0.15, -0.1) is 0 Å². The molecule has 2 rings (SSSR count). The van der Waals surface area contributed by atoms with Crippen LogP contribution in [0.25, 0.3) is 11.0 Å². The van der Waals surface area contributed by atoms with Gasteiger partial charge in [-0.25, -0.2) is 9.66 Å². The predicted octanol–water partition coefficient (Wildman–Crippen LogP) is -0.151. The van der Waals surface area contributed by atoms with Gasteiger partial charge in [0, 0.05) is 11.6 Å². The first-order valence-corrected chi connectivity index (χ1v) is 3.71. The number of pyridine rings is 1. The van der Waals surface area contributed by atoms with Crippen LogP contribution in [0.1, 0.15) is 10.5 Å². The Morgan fingerprint density at radius 3 is 2.92 bits per heavy atom. The van der Waals surface area contributed by atoms with Crippen molar-refractivity contribution >= 4 is 16.9 Å². The first-order valence-electron chi connectivity index (χ1n) is 3.71. The molecule has 5 nitrogen and oxygen atoms in total. The van der Waals surface area contributed by atoms with Gasteiger partial charge in [-0.2, -0.15) is 0 Å². The van der Waals surface area contributed by atoms with Crippen molar-refractivity contribution in [2.45, 2.75) is 0 Å².